The number of fused-ring (bicyclic) bond motifs is 1. The summed E-state index contributed by atoms with van der Waals surface area (Å²) < 4.78 is 0. The van der Waals surface area contributed by atoms with Gasteiger partial charge in [-0.1, -0.05) is 18.6 Å². The summed E-state index contributed by atoms with van der Waals surface area (Å²) in [6.45, 7) is 2.50. The number of carbonyl (C=O) groups is 2. The van der Waals surface area contributed by atoms with Crippen molar-refractivity contribution in [3.63, 3.8) is 0 Å². The van der Waals surface area contributed by atoms with Crippen LogP contribution in [-0.2, 0) is 0 Å². The van der Waals surface area contributed by atoms with Gasteiger partial charge >= 0.3 is 0 Å². The zero-order chi connectivity index (χ0) is 13.0. The maximum atomic E-state index is 11.3. The molecule has 0 atom stereocenters. The van der Waals surface area contributed by atoms with Crippen molar-refractivity contribution >= 4 is 11.8 Å². The molecule has 2 amide bonds. The van der Waals surface area contributed by atoms with Gasteiger partial charge in [-0.15, -0.1) is 0 Å². The molecule has 2 aliphatic heterocycles. The van der Waals surface area contributed by atoms with Crippen LogP contribution in [0.3, 0.4) is 0 Å². The van der Waals surface area contributed by atoms with Gasteiger partial charge in [0, 0.05) is 7.05 Å². The molecule has 0 aromatic heterocycles. The van der Waals surface area contributed by atoms with Gasteiger partial charge in [0.2, 0.25) is 0 Å². The van der Waals surface area contributed by atoms with Crippen LogP contribution < -0.4 is 5.32 Å². The van der Waals surface area contributed by atoms with Gasteiger partial charge in [0.1, 0.15) is 0 Å². The Bertz CT molecular complexity index is 406. The highest BCUT2D eigenvalue weighted by molar-refractivity contribution is 6.21. The topological polar surface area (TPSA) is 49.4 Å². The van der Waals surface area contributed by atoms with Crippen LogP contribution in [0, 0.1) is 0 Å². The Kier molecular flexibility index (Phi) is 4.10. The normalized spacial score (nSPS) is 18.2. The summed E-state index contributed by atoms with van der Waals surface area (Å²) in [4.78, 5) is 23.8. The first-order valence-corrected chi connectivity index (χ1v) is 6.34. The van der Waals surface area contributed by atoms with Crippen molar-refractivity contribution in [2.45, 2.75) is 19.3 Å². The third-order valence-corrected chi connectivity index (χ3v) is 3.20. The molecule has 0 unspecified atom stereocenters. The number of hydrogen-bond acceptors (Lipinski definition) is 3. The molecule has 2 aliphatic rings. The number of amides is 2. The van der Waals surface area contributed by atoms with Crippen molar-refractivity contribution in [1.29, 1.82) is 0 Å². The molecule has 0 spiro atoms. The molecule has 18 heavy (non-hydrogen) atoms. The van der Waals surface area contributed by atoms with Crippen LogP contribution in [0.1, 0.15) is 40.0 Å². The summed E-state index contributed by atoms with van der Waals surface area (Å²) in [6.07, 6.45) is 4.22. The Morgan fingerprint density at radius 2 is 1.44 bits per heavy atom. The summed E-state index contributed by atoms with van der Waals surface area (Å²) in [6, 6.07) is 6.84. The Hall–Kier alpha value is -1.68. The van der Waals surface area contributed by atoms with E-state index in [0.29, 0.717) is 11.1 Å². The monoisotopic (exact) mass is 246 g/mol. The molecule has 4 nitrogen and oxygen atoms in total. The van der Waals surface area contributed by atoms with E-state index in [9.17, 15) is 9.59 Å². The maximum Gasteiger partial charge on any atom is 0.261 e. The first-order chi connectivity index (χ1) is 8.72. The molecule has 0 bridgehead atoms. The number of hydrogen-bond donors (Lipinski definition) is 1. The van der Waals surface area contributed by atoms with Gasteiger partial charge in [-0.3, -0.25) is 14.5 Å². The molecular formula is C14H18N2O2. The van der Waals surface area contributed by atoms with Crippen LogP contribution in [0.5, 0.6) is 0 Å². The highest BCUT2D eigenvalue weighted by Crippen LogP contribution is 2.20. The molecule has 3 rings (SSSR count). The molecule has 4 heteroatoms. The number of benzene rings is 1. The predicted octanol–water partition coefficient (Wildman–Crippen LogP) is 1.67. The predicted molar refractivity (Wildman–Crippen MR) is 69.6 cm³/mol. The largest absolute Gasteiger partial charge is 0.317 e. The van der Waals surface area contributed by atoms with E-state index in [1.165, 1.54) is 39.4 Å². The van der Waals surface area contributed by atoms with Crippen molar-refractivity contribution in [2.75, 3.05) is 20.1 Å². The van der Waals surface area contributed by atoms with Gasteiger partial charge in [0.15, 0.2) is 0 Å². The van der Waals surface area contributed by atoms with Crippen molar-refractivity contribution < 1.29 is 9.59 Å². The zero-order valence-electron chi connectivity index (χ0n) is 10.6. The Balaban J connectivity index is 0.000000169. The maximum absolute atomic E-state index is 11.3. The van der Waals surface area contributed by atoms with E-state index in [1.807, 2.05) is 0 Å². The third-order valence-electron chi connectivity index (χ3n) is 3.20. The first-order valence-electron chi connectivity index (χ1n) is 6.34. The van der Waals surface area contributed by atoms with E-state index in [2.05, 4.69) is 5.32 Å². The van der Waals surface area contributed by atoms with Crippen LogP contribution >= 0.6 is 0 Å². The molecule has 1 aromatic rings. The first kappa shape index (κ1) is 12.8. The molecule has 1 aromatic carbocycles. The summed E-state index contributed by atoms with van der Waals surface area (Å²) in [5.41, 5.74) is 1.01. The molecule has 0 radical (unpaired) electrons. The van der Waals surface area contributed by atoms with Crippen molar-refractivity contribution in [2.24, 2.45) is 0 Å². The summed E-state index contributed by atoms with van der Waals surface area (Å²) >= 11 is 0. The quantitative estimate of drug-likeness (QED) is 0.708. The second-order valence-electron chi connectivity index (χ2n) is 4.53. The Labute approximate surface area is 107 Å². The lowest BCUT2D eigenvalue weighted by molar-refractivity contribution is 0.0693. The summed E-state index contributed by atoms with van der Waals surface area (Å²) in [5, 5.41) is 3.28. The van der Waals surface area contributed by atoms with Gasteiger partial charge in [-0.2, -0.15) is 0 Å². The van der Waals surface area contributed by atoms with E-state index >= 15 is 0 Å². The van der Waals surface area contributed by atoms with Gasteiger partial charge in [-0.05, 0) is 38.1 Å². The van der Waals surface area contributed by atoms with Crippen molar-refractivity contribution in [3.8, 4) is 0 Å². The molecule has 1 fully saturated rings. The van der Waals surface area contributed by atoms with Crippen LogP contribution in [0.25, 0.3) is 0 Å². The fourth-order valence-electron chi connectivity index (χ4n) is 2.11. The van der Waals surface area contributed by atoms with Crippen LogP contribution in [0.15, 0.2) is 24.3 Å². The summed E-state index contributed by atoms with van der Waals surface area (Å²) in [7, 11) is 1.49. The average Bonchev–Trinajstić information content (AvgIpc) is 2.67. The second-order valence-corrected chi connectivity index (χ2v) is 4.53. The van der Waals surface area contributed by atoms with Crippen LogP contribution in [0.2, 0.25) is 0 Å². The lowest BCUT2D eigenvalue weighted by atomic mass is 10.1. The van der Waals surface area contributed by atoms with Gasteiger partial charge in [0.25, 0.3) is 11.8 Å². The molecular weight excluding hydrogens is 228 g/mol. The number of nitrogens with zero attached hydrogens (tertiary/aromatic N) is 1. The minimum absolute atomic E-state index is 0.212. The molecule has 0 aliphatic carbocycles. The molecule has 96 valence electrons. The second kappa shape index (κ2) is 5.78. The lowest BCUT2D eigenvalue weighted by Gasteiger charge is -2.08. The minimum Gasteiger partial charge on any atom is -0.317 e. The van der Waals surface area contributed by atoms with E-state index < -0.39 is 0 Å². The number of piperidine rings is 1. The van der Waals surface area contributed by atoms with Gasteiger partial charge < -0.3 is 5.32 Å². The van der Waals surface area contributed by atoms with E-state index in [4.69, 9.17) is 0 Å². The van der Waals surface area contributed by atoms with E-state index in [0.717, 1.165) is 4.90 Å². The highest BCUT2D eigenvalue weighted by Gasteiger charge is 2.31. The standard InChI is InChI=1S/C9H7NO2.C5H11N/c1-10-8(11)6-4-2-3-5-7(6)9(10)12;1-2-4-6-5-3-1/h2-5H,1H3;6H,1-5H2. The van der Waals surface area contributed by atoms with Crippen LogP contribution in [-0.4, -0.2) is 36.9 Å². The van der Waals surface area contributed by atoms with Crippen molar-refractivity contribution in [1.82, 2.24) is 10.2 Å². The van der Waals surface area contributed by atoms with Crippen LogP contribution in [0.4, 0.5) is 0 Å². The molecule has 1 N–H and O–H groups in total. The van der Waals surface area contributed by atoms with E-state index in [-0.39, 0.29) is 11.8 Å². The van der Waals surface area contributed by atoms with Gasteiger partial charge in [0.05, 0.1) is 11.1 Å². The highest BCUT2D eigenvalue weighted by atomic mass is 16.2. The zero-order valence-corrected chi connectivity index (χ0v) is 10.6. The number of nitrogens with one attached hydrogen (secondary N) is 1. The fraction of sp³-hybridized carbons (Fsp3) is 0.429. The third kappa shape index (κ3) is 2.59. The number of carbonyl (C=O) groups excluding carboxylic acids is 2. The minimum atomic E-state index is -0.212. The molecule has 2 heterocycles. The number of imide groups is 1. The molecule has 1 saturated heterocycles. The van der Waals surface area contributed by atoms with E-state index in [1.54, 1.807) is 24.3 Å². The number of rotatable bonds is 0. The lowest BCUT2D eigenvalue weighted by Crippen LogP contribution is -2.24. The van der Waals surface area contributed by atoms with Crippen molar-refractivity contribution in [3.05, 3.63) is 35.4 Å². The smallest absolute Gasteiger partial charge is 0.261 e. The fourth-order valence-corrected chi connectivity index (χ4v) is 2.11. The Morgan fingerprint density at radius 1 is 0.944 bits per heavy atom. The SMILES string of the molecule is C1CCNCC1.CN1C(=O)c2ccccc2C1=O. The molecule has 0 saturated carbocycles. The van der Waals surface area contributed by atoms with Gasteiger partial charge in [-0.25, -0.2) is 0 Å². The average molecular weight is 246 g/mol. The Morgan fingerprint density at radius 3 is 1.78 bits per heavy atom. The summed E-state index contributed by atoms with van der Waals surface area (Å²) in [5.74, 6) is -0.425.